The maximum absolute atomic E-state index is 13.1. The number of aromatic nitrogens is 2. The van der Waals surface area contributed by atoms with Crippen molar-refractivity contribution in [1.29, 1.82) is 0 Å². The summed E-state index contributed by atoms with van der Waals surface area (Å²) in [6.07, 6.45) is 3.18. The third-order valence-electron chi connectivity index (χ3n) is 4.79. The van der Waals surface area contributed by atoms with E-state index in [4.69, 9.17) is 0 Å². The fourth-order valence-electron chi connectivity index (χ4n) is 3.30. The lowest BCUT2D eigenvalue weighted by Crippen LogP contribution is -2.20. The predicted molar refractivity (Wildman–Crippen MR) is 121 cm³/mol. The SMILES string of the molecule is C[S+]([O-])c1ccc(C(=O)c2cn(Cc3cccc(Br)n3)c3ccccc3c2=O)cc1. The first-order valence-corrected chi connectivity index (χ1v) is 11.5. The zero-order valence-electron chi connectivity index (χ0n) is 16.0. The number of fused-ring (bicyclic) bond motifs is 1. The van der Waals surface area contributed by atoms with Crippen molar-refractivity contribution in [3.63, 3.8) is 0 Å². The van der Waals surface area contributed by atoms with Gasteiger partial charge in [-0.3, -0.25) is 9.59 Å². The second-order valence-electron chi connectivity index (χ2n) is 6.78. The molecule has 1 atom stereocenters. The van der Waals surface area contributed by atoms with Crippen molar-refractivity contribution in [1.82, 2.24) is 9.55 Å². The number of pyridine rings is 2. The second-order valence-corrected chi connectivity index (χ2v) is 8.97. The quantitative estimate of drug-likeness (QED) is 0.244. The van der Waals surface area contributed by atoms with Crippen LogP contribution in [0.25, 0.3) is 10.9 Å². The zero-order chi connectivity index (χ0) is 21.3. The Morgan fingerprint density at radius 3 is 2.50 bits per heavy atom. The Balaban J connectivity index is 1.82. The third kappa shape index (κ3) is 4.09. The molecule has 0 aliphatic carbocycles. The van der Waals surface area contributed by atoms with Crippen LogP contribution in [0.3, 0.4) is 0 Å². The molecule has 0 bridgehead atoms. The van der Waals surface area contributed by atoms with Crippen molar-refractivity contribution in [2.75, 3.05) is 6.26 Å². The minimum Gasteiger partial charge on any atom is -0.612 e. The number of carbonyl (C=O) groups excluding carboxylic acids is 1. The molecule has 30 heavy (non-hydrogen) atoms. The van der Waals surface area contributed by atoms with E-state index in [1.807, 2.05) is 34.9 Å². The van der Waals surface area contributed by atoms with E-state index in [0.29, 0.717) is 22.4 Å². The maximum Gasteiger partial charge on any atom is 0.200 e. The fraction of sp³-hybridized carbons (Fsp3) is 0.0870. The van der Waals surface area contributed by atoms with Gasteiger partial charge in [-0.15, -0.1) is 0 Å². The average Bonchev–Trinajstić information content (AvgIpc) is 2.75. The van der Waals surface area contributed by atoms with Gasteiger partial charge < -0.3 is 9.12 Å². The lowest BCUT2D eigenvalue weighted by Gasteiger charge is -2.13. The minimum absolute atomic E-state index is 0.0917. The van der Waals surface area contributed by atoms with Crippen LogP contribution in [-0.4, -0.2) is 26.1 Å². The molecule has 0 amide bonds. The number of para-hydroxylation sites is 1. The molecule has 2 aromatic heterocycles. The Morgan fingerprint density at radius 2 is 1.80 bits per heavy atom. The first kappa shape index (κ1) is 20.5. The Morgan fingerprint density at radius 1 is 1.07 bits per heavy atom. The molecule has 2 aromatic carbocycles. The summed E-state index contributed by atoms with van der Waals surface area (Å²) in [4.78, 5) is 31.3. The van der Waals surface area contributed by atoms with Gasteiger partial charge in [0.15, 0.2) is 10.7 Å². The van der Waals surface area contributed by atoms with Crippen LogP contribution in [0.2, 0.25) is 0 Å². The summed E-state index contributed by atoms with van der Waals surface area (Å²) in [5, 5.41) is 0.477. The maximum atomic E-state index is 13.1. The molecule has 150 valence electrons. The Kier molecular flexibility index (Phi) is 5.85. The summed E-state index contributed by atoms with van der Waals surface area (Å²) >= 11 is 2.24. The average molecular weight is 481 g/mol. The standard InChI is InChI=1S/C23H17BrN2O3S/c1-30(29)17-11-9-15(10-12-17)22(27)19-14-26(13-16-5-4-8-21(24)25-16)20-7-3-2-6-18(20)23(19)28/h2-12,14H,13H2,1H3. The summed E-state index contributed by atoms with van der Waals surface area (Å²) in [5.41, 5.74) is 1.69. The summed E-state index contributed by atoms with van der Waals surface area (Å²) in [6, 6.07) is 19.4. The van der Waals surface area contributed by atoms with Crippen molar-refractivity contribution in [3.05, 3.63) is 105 Å². The number of halogens is 1. The van der Waals surface area contributed by atoms with Crippen molar-refractivity contribution in [2.24, 2.45) is 0 Å². The van der Waals surface area contributed by atoms with E-state index in [1.165, 1.54) is 0 Å². The van der Waals surface area contributed by atoms with E-state index < -0.39 is 11.2 Å². The van der Waals surface area contributed by atoms with Gasteiger partial charge in [-0.1, -0.05) is 18.2 Å². The highest BCUT2D eigenvalue weighted by Crippen LogP contribution is 2.18. The van der Waals surface area contributed by atoms with Gasteiger partial charge >= 0.3 is 0 Å². The number of carbonyl (C=O) groups is 1. The molecule has 0 aliphatic heterocycles. The van der Waals surface area contributed by atoms with Crippen LogP contribution >= 0.6 is 15.9 Å². The van der Waals surface area contributed by atoms with Gasteiger partial charge in [-0.05, 0) is 75.6 Å². The van der Waals surface area contributed by atoms with Crippen LogP contribution in [-0.2, 0) is 17.7 Å². The van der Waals surface area contributed by atoms with Gasteiger partial charge in [0.25, 0.3) is 0 Å². The normalized spacial score (nSPS) is 12.1. The van der Waals surface area contributed by atoms with Crippen LogP contribution in [0.1, 0.15) is 21.6 Å². The van der Waals surface area contributed by atoms with Crippen molar-refractivity contribution in [3.8, 4) is 0 Å². The number of rotatable bonds is 5. The molecule has 0 saturated carbocycles. The Bertz CT molecular complexity index is 1300. The van der Waals surface area contributed by atoms with Gasteiger partial charge in [0, 0.05) is 17.1 Å². The third-order valence-corrected chi connectivity index (χ3v) is 6.16. The molecule has 0 spiro atoms. The molecule has 0 saturated heterocycles. The van der Waals surface area contributed by atoms with Gasteiger partial charge in [0.2, 0.25) is 5.43 Å². The highest BCUT2D eigenvalue weighted by Gasteiger charge is 2.18. The summed E-state index contributed by atoms with van der Waals surface area (Å²) in [7, 11) is 0. The molecule has 0 aliphatic rings. The molecule has 4 aromatic rings. The molecule has 7 heteroatoms. The lowest BCUT2D eigenvalue weighted by molar-refractivity contribution is 0.103. The highest BCUT2D eigenvalue weighted by molar-refractivity contribution is 9.10. The van der Waals surface area contributed by atoms with Crippen LogP contribution in [0, 0.1) is 0 Å². The summed E-state index contributed by atoms with van der Waals surface area (Å²) in [5.74, 6) is -0.366. The monoisotopic (exact) mass is 480 g/mol. The van der Waals surface area contributed by atoms with Crippen LogP contribution in [0.4, 0.5) is 0 Å². The van der Waals surface area contributed by atoms with Crippen molar-refractivity contribution in [2.45, 2.75) is 11.4 Å². The molecule has 2 heterocycles. The topological polar surface area (TPSA) is 75.0 Å². The molecule has 4 rings (SSSR count). The van der Waals surface area contributed by atoms with E-state index >= 15 is 0 Å². The van der Waals surface area contributed by atoms with Crippen LogP contribution in [0.15, 0.2) is 87.2 Å². The van der Waals surface area contributed by atoms with E-state index in [0.717, 1.165) is 15.8 Å². The van der Waals surface area contributed by atoms with E-state index in [2.05, 4.69) is 20.9 Å². The molecule has 1 unspecified atom stereocenters. The van der Waals surface area contributed by atoms with E-state index in [9.17, 15) is 14.1 Å². The van der Waals surface area contributed by atoms with Crippen LogP contribution in [0.5, 0.6) is 0 Å². The molecule has 0 radical (unpaired) electrons. The number of hydrogen-bond acceptors (Lipinski definition) is 4. The molecule has 0 fully saturated rings. The lowest BCUT2D eigenvalue weighted by atomic mass is 10.0. The number of ketones is 1. The van der Waals surface area contributed by atoms with Crippen molar-refractivity contribution < 1.29 is 9.35 Å². The first-order chi connectivity index (χ1) is 14.4. The molecular formula is C23H17BrN2O3S. The zero-order valence-corrected chi connectivity index (χ0v) is 18.4. The highest BCUT2D eigenvalue weighted by atomic mass is 79.9. The van der Waals surface area contributed by atoms with Gasteiger partial charge in [-0.25, -0.2) is 4.98 Å². The van der Waals surface area contributed by atoms with Gasteiger partial charge in [0.1, 0.15) is 10.9 Å². The Labute approximate surface area is 184 Å². The number of hydrogen-bond donors (Lipinski definition) is 0. The van der Waals surface area contributed by atoms with Gasteiger partial charge in [-0.2, -0.15) is 0 Å². The Hall–Kier alpha value is -2.74. The molecular weight excluding hydrogens is 464 g/mol. The number of benzene rings is 2. The van der Waals surface area contributed by atoms with E-state index in [-0.39, 0.29) is 16.8 Å². The molecule has 0 N–H and O–H groups in total. The van der Waals surface area contributed by atoms with Gasteiger partial charge in [0.05, 0.1) is 23.3 Å². The number of nitrogens with zero attached hydrogens (tertiary/aromatic N) is 2. The summed E-state index contributed by atoms with van der Waals surface area (Å²) in [6.45, 7) is 0.411. The fourth-order valence-corrected chi connectivity index (χ4v) is 4.20. The summed E-state index contributed by atoms with van der Waals surface area (Å²) < 4.78 is 14.2. The smallest absolute Gasteiger partial charge is 0.200 e. The predicted octanol–water partition coefficient (Wildman–Crippen LogP) is 4.18. The minimum atomic E-state index is -1.13. The first-order valence-electron chi connectivity index (χ1n) is 9.16. The van der Waals surface area contributed by atoms with Crippen LogP contribution < -0.4 is 5.43 Å². The van der Waals surface area contributed by atoms with Crippen molar-refractivity contribution >= 4 is 43.8 Å². The second kappa shape index (κ2) is 8.55. The largest absolute Gasteiger partial charge is 0.612 e. The van der Waals surface area contributed by atoms with E-state index in [1.54, 1.807) is 48.9 Å². The molecule has 5 nitrogen and oxygen atoms in total.